The van der Waals surface area contributed by atoms with Crippen LogP contribution in [0.4, 0.5) is 0 Å². The van der Waals surface area contributed by atoms with Crippen molar-refractivity contribution >= 4 is 5.91 Å². The Kier molecular flexibility index (Phi) is 6.54. The Morgan fingerprint density at radius 1 is 1.19 bits per heavy atom. The van der Waals surface area contributed by atoms with Gasteiger partial charge in [-0.2, -0.15) is 0 Å². The molecule has 1 amide bonds. The lowest BCUT2D eigenvalue weighted by Crippen LogP contribution is -2.37. The number of benzene rings is 1. The van der Waals surface area contributed by atoms with Gasteiger partial charge in [0.05, 0.1) is 0 Å². The van der Waals surface area contributed by atoms with Crippen LogP contribution in [0.25, 0.3) is 0 Å². The quantitative estimate of drug-likeness (QED) is 0.906. The summed E-state index contributed by atoms with van der Waals surface area (Å²) in [5, 5.41) is 3.11. The van der Waals surface area contributed by atoms with E-state index < -0.39 is 0 Å². The Morgan fingerprint density at radius 3 is 2.62 bits per heavy atom. The van der Waals surface area contributed by atoms with E-state index in [1.54, 1.807) is 0 Å². The zero-order valence-electron chi connectivity index (χ0n) is 12.9. The summed E-state index contributed by atoms with van der Waals surface area (Å²) in [5.74, 6) is 0.874. The normalized spacial score (nSPS) is 16.1. The molecule has 21 heavy (non-hydrogen) atoms. The average molecular weight is 290 g/mol. The van der Waals surface area contributed by atoms with Crippen LogP contribution in [0.3, 0.4) is 0 Å². The first kappa shape index (κ1) is 15.8. The molecule has 1 N–H and O–H groups in total. The molecule has 1 aliphatic rings. The topological polar surface area (TPSA) is 41.6 Å². The van der Waals surface area contributed by atoms with E-state index in [-0.39, 0.29) is 12.5 Å². The van der Waals surface area contributed by atoms with Crippen LogP contribution in [-0.2, 0) is 11.3 Å². The summed E-state index contributed by atoms with van der Waals surface area (Å²) >= 11 is 0. The van der Waals surface area contributed by atoms with Crippen molar-refractivity contribution in [2.45, 2.75) is 38.6 Å². The number of rotatable bonds is 5. The third kappa shape index (κ3) is 5.38. The van der Waals surface area contributed by atoms with Crippen LogP contribution in [0.15, 0.2) is 24.3 Å². The maximum Gasteiger partial charge on any atom is 0.260 e. The molecule has 1 aromatic carbocycles. The lowest BCUT2D eigenvalue weighted by molar-refractivity contribution is -0.133. The fraction of sp³-hybridized carbons (Fsp3) is 0.588. The van der Waals surface area contributed by atoms with Crippen LogP contribution < -0.4 is 10.1 Å². The van der Waals surface area contributed by atoms with Crippen molar-refractivity contribution in [3.63, 3.8) is 0 Å². The van der Waals surface area contributed by atoms with E-state index >= 15 is 0 Å². The number of hydrogen-bond acceptors (Lipinski definition) is 3. The Morgan fingerprint density at radius 2 is 1.90 bits per heavy atom. The van der Waals surface area contributed by atoms with Crippen molar-refractivity contribution in [1.82, 2.24) is 10.2 Å². The Balaban J connectivity index is 1.83. The second-order valence-electron chi connectivity index (χ2n) is 5.61. The van der Waals surface area contributed by atoms with E-state index in [4.69, 9.17) is 4.74 Å². The van der Waals surface area contributed by atoms with Gasteiger partial charge in [0.2, 0.25) is 0 Å². The zero-order valence-corrected chi connectivity index (χ0v) is 12.9. The molecule has 1 saturated heterocycles. The number of amides is 1. The molecule has 0 spiro atoms. The highest BCUT2D eigenvalue weighted by Gasteiger charge is 2.15. The number of carbonyl (C=O) groups excluding carboxylic acids is 1. The van der Waals surface area contributed by atoms with Crippen LogP contribution in [-0.4, -0.2) is 37.6 Å². The van der Waals surface area contributed by atoms with Gasteiger partial charge in [-0.1, -0.05) is 31.4 Å². The summed E-state index contributed by atoms with van der Waals surface area (Å²) in [4.78, 5) is 14.2. The third-order valence-electron chi connectivity index (χ3n) is 3.85. The molecule has 4 heteroatoms. The average Bonchev–Trinajstić information content (AvgIpc) is 2.45. The molecule has 1 fully saturated rings. The van der Waals surface area contributed by atoms with Gasteiger partial charge >= 0.3 is 0 Å². The van der Waals surface area contributed by atoms with Crippen LogP contribution >= 0.6 is 0 Å². The highest BCUT2D eigenvalue weighted by atomic mass is 16.5. The highest BCUT2D eigenvalue weighted by molar-refractivity contribution is 5.77. The summed E-state index contributed by atoms with van der Waals surface area (Å²) in [7, 11) is 1.92. The molecule has 0 aliphatic carbocycles. The molecule has 0 atom stereocenters. The lowest BCUT2D eigenvalue weighted by Gasteiger charge is -2.24. The number of nitrogens with one attached hydrogen (secondary N) is 1. The van der Waals surface area contributed by atoms with Crippen molar-refractivity contribution in [1.29, 1.82) is 0 Å². The molecule has 0 aromatic heterocycles. The van der Waals surface area contributed by atoms with E-state index in [1.807, 2.05) is 36.2 Å². The number of hydrogen-bond donors (Lipinski definition) is 1. The molecule has 0 saturated carbocycles. The maximum absolute atomic E-state index is 12.2. The molecule has 4 nitrogen and oxygen atoms in total. The van der Waals surface area contributed by atoms with E-state index in [2.05, 4.69) is 5.32 Å². The summed E-state index contributed by atoms with van der Waals surface area (Å²) in [6, 6.07) is 7.89. The number of nitrogens with zero attached hydrogens (tertiary/aromatic N) is 1. The summed E-state index contributed by atoms with van der Waals surface area (Å²) < 4.78 is 5.66. The summed E-state index contributed by atoms with van der Waals surface area (Å²) in [6.07, 6.45) is 6.00. The Hall–Kier alpha value is -1.55. The molecule has 0 radical (unpaired) electrons. The third-order valence-corrected chi connectivity index (χ3v) is 3.85. The fourth-order valence-electron chi connectivity index (χ4n) is 2.68. The van der Waals surface area contributed by atoms with Gasteiger partial charge in [-0.05, 0) is 37.6 Å². The Labute approximate surface area is 127 Å². The van der Waals surface area contributed by atoms with Crippen molar-refractivity contribution in [2.24, 2.45) is 0 Å². The van der Waals surface area contributed by atoms with Gasteiger partial charge in [-0.25, -0.2) is 0 Å². The van der Waals surface area contributed by atoms with Crippen molar-refractivity contribution in [2.75, 3.05) is 26.7 Å². The number of ether oxygens (including phenoxy) is 1. The van der Waals surface area contributed by atoms with Gasteiger partial charge < -0.3 is 15.0 Å². The fourth-order valence-corrected chi connectivity index (χ4v) is 2.68. The second kappa shape index (κ2) is 8.67. The number of likely N-dealkylation sites (tertiary alicyclic amines) is 1. The van der Waals surface area contributed by atoms with Gasteiger partial charge in [0, 0.05) is 19.6 Å². The molecule has 1 aromatic rings. The van der Waals surface area contributed by atoms with Crippen LogP contribution in [0, 0.1) is 0 Å². The highest BCUT2D eigenvalue weighted by Crippen LogP contribution is 2.14. The van der Waals surface area contributed by atoms with E-state index in [9.17, 15) is 4.79 Å². The van der Waals surface area contributed by atoms with Crippen molar-refractivity contribution in [3.05, 3.63) is 29.8 Å². The molecule has 116 valence electrons. The van der Waals surface area contributed by atoms with Gasteiger partial charge in [-0.15, -0.1) is 0 Å². The predicted molar refractivity (Wildman–Crippen MR) is 84.4 cm³/mol. The smallest absolute Gasteiger partial charge is 0.260 e. The van der Waals surface area contributed by atoms with Gasteiger partial charge in [0.15, 0.2) is 6.61 Å². The van der Waals surface area contributed by atoms with E-state index in [1.165, 1.54) is 19.3 Å². The first-order valence-corrected chi connectivity index (χ1v) is 7.94. The SMILES string of the molecule is CNCc1cccc(OCC(=O)N2CCCCCCC2)c1. The largest absolute Gasteiger partial charge is 0.484 e. The molecule has 2 rings (SSSR count). The summed E-state index contributed by atoms with van der Waals surface area (Å²) in [5.41, 5.74) is 1.16. The van der Waals surface area contributed by atoms with Gasteiger partial charge in [-0.3, -0.25) is 4.79 Å². The summed E-state index contributed by atoms with van der Waals surface area (Å²) in [6.45, 7) is 2.70. The first-order chi connectivity index (χ1) is 10.3. The minimum Gasteiger partial charge on any atom is -0.484 e. The molecule has 0 bridgehead atoms. The maximum atomic E-state index is 12.2. The standard InChI is InChI=1S/C17H26N2O2/c1-18-13-15-8-7-9-16(12-15)21-14-17(20)19-10-5-3-2-4-6-11-19/h7-9,12,18H,2-6,10-11,13-14H2,1H3. The van der Waals surface area contributed by atoms with Crippen LogP contribution in [0.1, 0.15) is 37.7 Å². The zero-order chi connectivity index (χ0) is 14.9. The van der Waals surface area contributed by atoms with Crippen LogP contribution in [0.2, 0.25) is 0 Å². The molecule has 0 unspecified atom stereocenters. The van der Waals surface area contributed by atoms with Gasteiger partial charge in [0.25, 0.3) is 5.91 Å². The Bertz CT molecular complexity index is 440. The first-order valence-electron chi connectivity index (χ1n) is 7.94. The number of carbonyl (C=O) groups is 1. The van der Waals surface area contributed by atoms with E-state index in [0.717, 1.165) is 43.8 Å². The minimum absolute atomic E-state index is 0.107. The molecular formula is C17H26N2O2. The predicted octanol–water partition coefficient (Wildman–Crippen LogP) is 2.58. The lowest BCUT2D eigenvalue weighted by atomic mass is 10.1. The van der Waals surface area contributed by atoms with Crippen molar-refractivity contribution < 1.29 is 9.53 Å². The van der Waals surface area contributed by atoms with Gasteiger partial charge in [0.1, 0.15) is 5.75 Å². The minimum atomic E-state index is 0.107. The van der Waals surface area contributed by atoms with Crippen LogP contribution in [0.5, 0.6) is 5.75 Å². The molecule has 1 heterocycles. The molecular weight excluding hydrogens is 264 g/mol. The monoisotopic (exact) mass is 290 g/mol. The van der Waals surface area contributed by atoms with Crippen molar-refractivity contribution in [3.8, 4) is 5.75 Å². The molecule has 1 aliphatic heterocycles. The van der Waals surface area contributed by atoms with E-state index in [0.29, 0.717) is 0 Å². The second-order valence-corrected chi connectivity index (χ2v) is 5.61.